The van der Waals surface area contributed by atoms with Crippen LogP contribution < -0.4 is 11.1 Å². The minimum absolute atomic E-state index is 0.542. The van der Waals surface area contributed by atoms with Gasteiger partial charge in [0, 0.05) is 32.8 Å². The lowest BCUT2D eigenvalue weighted by atomic mass is 9.94. The number of hydrogen-bond donors (Lipinski definition) is 2. The molecule has 146 valence electrons. The number of likely N-dealkylation sites (tertiary alicyclic amines) is 1. The number of anilines is 1. The number of nitrogens with one attached hydrogen (secondary N) is 1. The molecule has 2 aliphatic heterocycles. The molecule has 0 amide bonds. The number of benzene rings is 3. The third kappa shape index (κ3) is 3.66. The topological polar surface area (TPSA) is 53.1 Å². The number of nitrogens with zero attached hydrogens (tertiary/aromatic N) is 1. The fourth-order valence-corrected chi connectivity index (χ4v) is 5.55. The van der Waals surface area contributed by atoms with Crippen molar-refractivity contribution < 1.29 is 0 Å². The summed E-state index contributed by atoms with van der Waals surface area (Å²) in [6.45, 7) is 3.47. The summed E-state index contributed by atoms with van der Waals surface area (Å²) in [4.78, 5) is 3.69. The number of nitrogen functional groups attached to an aromatic ring is 1. The molecule has 0 radical (unpaired) electrons. The van der Waals surface area contributed by atoms with Crippen molar-refractivity contribution in [1.29, 1.82) is 5.41 Å². The summed E-state index contributed by atoms with van der Waals surface area (Å²) in [7, 11) is 0. The molecule has 1 fully saturated rings. The smallest absolute Gasteiger partial charge is 0.0554 e. The van der Waals surface area contributed by atoms with Gasteiger partial charge in [-0.2, -0.15) is 0 Å². The zero-order valence-corrected chi connectivity index (χ0v) is 17.3. The summed E-state index contributed by atoms with van der Waals surface area (Å²) in [6.07, 6.45) is 4.01. The maximum Gasteiger partial charge on any atom is 0.0554 e. The van der Waals surface area contributed by atoms with E-state index in [-0.39, 0.29) is 0 Å². The molecule has 3 nitrogen and oxygen atoms in total. The lowest BCUT2D eigenvalue weighted by Crippen LogP contribution is -2.28. The van der Waals surface area contributed by atoms with Crippen molar-refractivity contribution in [3.05, 3.63) is 71.6 Å². The van der Waals surface area contributed by atoms with E-state index in [1.807, 2.05) is 24.3 Å². The average Bonchev–Trinajstić information content (AvgIpc) is 2.73. The van der Waals surface area contributed by atoms with Crippen molar-refractivity contribution in [2.75, 3.05) is 18.8 Å². The fourth-order valence-electron chi connectivity index (χ4n) is 4.37. The van der Waals surface area contributed by atoms with Crippen LogP contribution in [0.1, 0.15) is 24.8 Å². The van der Waals surface area contributed by atoms with Gasteiger partial charge in [0.05, 0.1) is 5.36 Å². The van der Waals surface area contributed by atoms with Gasteiger partial charge in [-0.05, 0) is 66.9 Å². The van der Waals surface area contributed by atoms with Gasteiger partial charge in [-0.1, -0.05) is 42.8 Å². The van der Waals surface area contributed by atoms with E-state index in [4.69, 9.17) is 11.1 Å². The first kappa shape index (κ1) is 18.3. The Balaban J connectivity index is 1.60. The molecular weight excluding hydrogens is 374 g/mol. The van der Waals surface area contributed by atoms with Crippen LogP contribution in [0.2, 0.25) is 0 Å². The molecule has 2 heterocycles. The summed E-state index contributed by atoms with van der Waals surface area (Å²) < 4.78 is 1.16. The molecule has 0 aromatic heterocycles. The second-order valence-corrected chi connectivity index (χ2v) is 9.06. The van der Waals surface area contributed by atoms with E-state index in [0.717, 1.165) is 21.8 Å². The van der Waals surface area contributed by atoms with Gasteiger partial charge < -0.3 is 11.1 Å². The molecule has 0 bridgehead atoms. The summed E-state index contributed by atoms with van der Waals surface area (Å²) in [5.41, 5.74) is 11.9. The zero-order chi connectivity index (χ0) is 19.8. The molecular formula is C25H25N3S. The SMILES string of the molecule is N=c1ccc2c(-c3ccc(CN4CCCCC4)cc3)c3ccc(N)cc3sc-2c1. The van der Waals surface area contributed by atoms with Gasteiger partial charge in [0.1, 0.15) is 0 Å². The van der Waals surface area contributed by atoms with Gasteiger partial charge in [0.25, 0.3) is 0 Å². The van der Waals surface area contributed by atoms with Crippen LogP contribution in [-0.4, -0.2) is 18.0 Å². The van der Waals surface area contributed by atoms with Crippen LogP contribution in [0.4, 0.5) is 5.69 Å². The van der Waals surface area contributed by atoms with Crippen LogP contribution in [0.15, 0.2) is 60.7 Å². The Morgan fingerprint density at radius 3 is 2.48 bits per heavy atom. The van der Waals surface area contributed by atoms with Crippen LogP contribution >= 0.6 is 11.3 Å². The van der Waals surface area contributed by atoms with Crippen LogP contribution in [-0.2, 0) is 6.54 Å². The van der Waals surface area contributed by atoms with Crippen LogP contribution in [0.3, 0.4) is 0 Å². The van der Waals surface area contributed by atoms with Crippen molar-refractivity contribution in [3.63, 3.8) is 0 Å². The van der Waals surface area contributed by atoms with Gasteiger partial charge in [-0.15, -0.1) is 11.3 Å². The lowest BCUT2D eigenvalue weighted by Gasteiger charge is -2.26. The Morgan fingerprint density at radius 2 is 1.69 bits per heavy atom. The summed E-state index contributed by atoms with van der Waals surface area (Å²) in [5, 5.41) is 9.79. The molecule has 3 aliphatic rings. The summed E-state index contributed by atoms with van der Waals surface area (Å²) in [6, 6.07) is 21.1. The van der Waals surface area contributed by atoms with E-state index in [9.17, 15) is 0 Å². The van der Waals surface area contributed by atoms with Gasteiger partial charge in [-0.25, -0.2) is 0 Å². The molecule has 5 rings (SSSR count). The van der Waals surface area contributed by atoms with Crippen molar-refractivity contribution >= 4 is 27.1 Å². The predicted molar refractivity (Wildman–Crippen MR) is 123 cm³/mol. The van der Waals surface area contributed by atoms with E-state index in [1.54, 1.807) is 11.3 Å². The predicted octanol–water partition coefficient (Wildman–Crippen LogP) is 5.72. The van der Waals surface area contributed by atoms with Crippen molar-refractivity contribution in [2.45, 2.75) is 25.8 Å². The van der Waals surface area contributed by atoms with E-state index >= 15 is 0 Å². The number of fused-ring (bicyclic) bond motifs is 2. The second-order valence-electron chi connectivity index (χ2n) is 7.98. The number of rotatable bonds is 3. The highest BCUT2D eigenvalue weighted by Crippen LogP contribution is 2.43. The second kappa shape index (κ2) is 7.62. The summed E-state index contributed by atoms with van der Waals surface area (Å²) >= 11 is 1.71. The first-order chi connectivity index (χ1) is 14.2. The Labute approximate surface area is 175 Å². The quantitative estimate of drug-likeness (QED) is 0.342. The van der Waals surface area contributed by atoms with Crippen molar-refractivity contribution in [3.8, 4) is 21.6 Å². The third-order valence-corrected chi connectivity index (χ3v) is 6.96. The van der Waals surface area contributed by atoms with E-state index in [1.165, 1.54) is 60.0 Å². The van der Waals surface area contributed by atoms with Gasteiger partial charge in [-0.3, -0.25) is 4.90 Å². The highest BCUT2D eigenvalue weighted by Gasteiger charge is 2.16. The molecule has 0 spiro atoms. The number of hydrogen-bond acceptors (Lipinski definition) is 4. The highest BCUT2D eigenvalue weighted by atomic mass is 32.1. The Kier molecular flexibility index (Phi) is 4.82. The number of nitrogens with two attached hydrogens (primary N) is 1. The maximum atomic E-state index is 8.03. The van der Waals surface area contributed by atoms with Gasteiger partial charge >= 0.3 is 0 Å². The molecule has 1 saturated heterocycles. The van der Waals surface area contributed by atoms with Gasteiger partial charge in [0.15, 0.2) is 0 Å². The van der Waals surface area contributed by atoms with Crippen LogP contribution in [0.25, 0.3) is 31.7 Å². The molecule has 2 aromatic carbocycles. The lowest BCUT2D eigenvalue weighted by molar-refractivity contribution is 0.221. The van der Waals surface area contributed by atoms with Crippen LogP contribution in [0, 0.1) is 5.41 Å². The van der Waals surface area contributed by atoms with Crippen molar-refractivity contribution in [1.82, 2.24) is 4.90 Å². The van der Waals surface area contributed by atoms with Gasteiger partial charge in [0.2, 0.25) is 0 Å². The van der Waals surface area contributed by atoms with E-state index in [2.05, 4.69) is 41.3 Å². The Hall–Kier alpha value is -2.69. The Bertz CT molecular complexity index is 1190. The average molecular weight is 400 g/mol. The van der Waals surface area contributed by atoms with E-state index in [0.29, 0.717) is 5.36 Å². The Morgan fingerprint density at radius 1 is 0.897 bits per heavy atom. The van der Waals surface area contributed by atoms with Crippen molar-refractivity contribution in [2.24, 2.45) is 0 Å². The maximum absolute atomic E-state index is 8.03. The third-order valence-electron chi connectivity index (χ3n) is 5.84. The monoisotopic (exact) mass is 399 g/mol. The zero-order valence-electron chi connectivity index (χ0n) is 16.4. The fraction of sp³-hybridized carbons (Fsp3) is 0.240. The molecule has 2 aromatic rings. The summed E-state index contributed by atoms with van der Waals surface area (Å²) in [5.74, 6) is 0. The molecule has 0 unspecified atom stereocenters. The normalized spacial score (nSPS) is 15.2. The minimum atomic E-state index is 0.542. The molecule has 0 saturated carbocycles. The first-order valence-electron chi connectivity index (χ1n) is 10.3. The minimum Gasteiger partial charge on any atom is -0.399 e. The molecule has 3 N–H and O–H groups in total. The first-order valence-corrected chi connectivity index (χ1v) is 11.1. The molecule has 4 heteroatoms. The largest absolute Gasteiger partial charge is 0.399 e. The number of piperidine rings is 1. The standard InChI is InChI=1S/C25H25N3S/c26-19-8-10-21-23(14-19)29-24-15-20(27)9-11-22(24)25(21)18-6-4-17(5-7-18)16-28-12-2-1-3-13-28/h4-11,14-15,26H,1-3,12-13,16,27H2. The molecule has 29 heavy (non-hydrogen) atoms. The van der Waals surface area contributed by atoms with E-state index < -0.39 is 0 Å². The molecule has 0 atom stereocenters. The van der Waals surface area contributed by atoms with Crippen LogP contribution in [0.5, 0.6) is 0 Å². The molecule has 1 aliphatic carbocycles. The highest BCUT2D eigenvalue weighted by molar-refractivity contribution is 7.21.